The van der Waals surface area contributed by atoms with Crippen LogP contribution in [0.2, 0.25) is 0 Å². The van der Waals surface area contributed by atoms with E-state index in [9.17, 15) is 14.7 Å². The smallest absolute Gasteiger partial charge is 0.295 e. The Morgan fingerprint density at radius 1 is 1.06 bits per heavy atom. The van der Waals surface area contributed by atoms with Crippen molar-refractivity contribution in [2.45, 2.75) is 26.0 Å². The van der Waals surface area contributed by atoms with E-state index >= 15 is 0 Å². The molecule has 1 atom stereocenters. The number of aromatic nitrogens is 1. The minimum Gasteiger partial charge on any atom is -0.506 e. The van der Waals surface area contributed by atoms with Gasteiger partial charge in [-0.05, 0) is 32.0 Å². The van der Waals surface area contributed by atoms with Gasteiger partial charge in [-0.15, -0.1) is 0 Å². The number of amides is 1. The highest BCUT2D eigenvalue weighted by atomic mass is 16.5. The van der Waals surface area contributed by atoms with Gasteiger partial charge in [-0.25, -0.2) is 0 Å². The summed E-state index contributed by atoms with van der Waals surface area (Å²) in [6.07, 6.45) is 1.74. The average Bonchev–Trinajstić information content (AvgIpc) is 3.37. The number of para-hydroxylation sites is 1. The van der Waals surface area contributed by atoms with Crippen LogP contribution >= 0.6 is 0 Å². The van der Waals surface area contributed by atoms with Crippen LogP contribution in [0.15, 0.2) is 54.2 Å². The van der Waals surface area contributed by atoms with Gasteiger partial charge in [0.1, 0.15) is 22.8 Å². The van der Waals surface area contributed by atoms with Gasteiger partial charge in [-0.3, -0.25) is 9.59 Å². The molecule has 0 bridgehead atoms. The van der Waals surface area contributed by atoms with Crippen molar-refractivity contribution in [1.82, 2.24) is 9.88 Å². The fraction of sp³-hybridized carbons (Fsp3) is 0.308. The molecule has 1 unspecified atom stereocenters. The molecular weight excluding hydrogens is 436 g/mol. The lowest BCUT2D eigenvalue weighted by Gasteiger charge is -2.25. The van der Waals surface area contributed by atoms with E-state index in [0.717, 1.165) is 10.9 Å². The zero-order valence-corrected chi connectivity index (χ0v) is 19.6. The number of aliphatic hydroxyl groups excluding tert-OH is 1. The predicted molar refractivity (Wildman–Crippen MR) is 128 cm³/mol. The lowest BCUT2D eigenvalue weighted by atomic mass is 9.94. The van der Waals surface area contributed by atoms with Crippen molar-refractivity contribution in [3.05, 3.63) is 65.4 Å². The number of ketones is 1. The van der Waals surface area contributed by atoms with E-state index in [0.29, 0.717) is 17.1 Å². The third-order valence-corrected chi connectivity index (χ3v) is 5.90. The lowest BCUT2D eigenvalue weighted by Crippen LogP contribution is -2.33. The summed E-state index contributed by atoms with van der Waals surface area (Å²) in [6.45, 7) is 4.24. The summed E-state index contributed by atoms with van der Waals surface area (Å²) in [5, 5.41) is 12.3. The number of carbonyl (C=O) groups excluding carboxylic acids is 2. The molecule has 0 saturated carbocycles. The summed E-state index contributed by atoms with van der Waals surface area (Å²) in [6, 6.07) is 11.8. The molecule has 3 aromatic rings. The molecule has 1 aliphatic heterocycles. The molecule has 0 radical (unpaired) electrons. The SMILES string of the molecule is COc1cccc(OC)c1/C(O)=C1\C(=O)C(=O)N(CCOC(C)C)C1c1c[nH]c2ccccc12. The predicted octanol–water partition coefficient (Wildman–Crippen LogP) is 4.03. The molecule has 1 fully saturated rings. The molecule has 1 amide bonds. The highest BCUT2D eigenvalue weighted by Crippen LogP contribution is 2.44. The summed E-state index contributed by atoms with van der Waals surface area (Å²) in [4.78, 5) is 31.2. The number of Topliss-reactive ketones (excluding diaryl/α,β-unsaturated/α-hetero) is 1. The van der Waals surface area contributed by atoms with Crippen molar-refractivity contribution in [2.75, 3.05) is 27.4 Å². The first kappa shape index (κ1) is 23.4. The summed E-state index contributed by atoms with van der Waals surface area (Å²) in [5.74, 6) is -1.17. The summed E-state index contributed by atoms with van der Waals surface area (Å²) < 4.78 is 16.5. The van der Waals surface area contributed by atoms with Gasteiger partial charge in [0.25, 0.3) is 11.7 Å². The van der Waals surface area contributed by atoms with E-state index in [1.54, 1.807) is 24.4 Å². The Morgan fingerprint density at radius 3 is 2.38 bits per heavy atom. The molecule has 0 spiro atoms. The fourth-order valence-electron chi connectivity index (χ4n) is 4.36. The van der Waals surface area contributed by atoms with Crippen molar-refractivity contribution >= 4 is 28.4 Å². The van der Waals surface area contributed by atoms with E-state index < -0.39 is 17.7 Å². The van der Waals surface area contributed by atoms with Gasteiger partial charge in [-0.1, -0.05) is 24.3 Å². The maximum Gasteiger partial charge on any atom is 0.295 e. The van der Waals surface area contributed by atoms with E-state index in [1.807, 2.05) is 38.1 Å². The number of H-pyrrole nitrogens is 1. The van der Waals surface area contributed by atoms with Crippen molar-refractivity contribution in [3.63, 3.8) is 0 Å². The number of hydrogen-bond donors (Lipinski definition) is 2. The first-order valence-electron chi connectivity index (χ1n) is 11.1. The molecule has 4 rings (SSSR count). The Hall–Kier alpha value is -3.78. The minimum atomic E-state index is -0.818. The number of nitrogens with one attached hydrogen (secondary N) is 1. The number of likely N-dealkylation sites (tertiary alicyclic amines) is 1. The Morgan fingerprint density at radius 2 is 1.74 bits per heavy atom. The van der Waals surface area contributed by atoms with E-state index in [1.165, 1.54) is 19.1 Å². The molecule has 2 heterocycles. The second kappa shape index (κ2) is 9.61. The standard InChI is InChI=1S/C26H28N2O6/c1-15(2)34-13-12-28-23(17-14-27-18-9-6-5-8-16(17)18)22(25(30)26(28)31)24(29)21-19(32-3)10-7-11-20(21)33-4/h5-11,14-15,23,27,29H,12-13H2,1-4H3/b24-22+. The van der Waals surface area contributed by atoms with Crippen molar-refractivity contribution in [3.8, 4) is 11.5 Å². The van der Waals surface area contributed by atoms with E-state index in [2.05, 4.69) is 4.98 Å². The van der Waals surface area contributed by atoms with Crippen molar-refractivity contribution in [1.29, 1.82) is 0 Å². The number of hydrogen-bond acceptors (Lipinski definition) is 6. The normalized spacial score (nSPS) is 17.7. The third-order valence-electron chi connectivity index (χ3n) is 5.90. The van der Waals surface area contributed by atoms with Gasteiger partial charge in [0, 0.05) is 29.2 Å². The second-order valence-electron chi connectivity index (χ2n) is 8.24. The molecule has 178 valence electrons. The van der Waals surface area contributed by atoms with Gasteiger partial charge in [0.15, 0.2) is 0 Å². The van der Waals surface area contributed by atoms with Crippen LogP contribution in [0, 0.1) is 0 Å². The summed E-state index contributed by atoms with van der Waals surface area (Å²) in [7, 11) is 2.93. The fourth-order valence-corrected chi connectivity index (χ4v) is 4.36. The highest BCUT2D eigenvalue weighted by Gasteiger charge is 2.47. The third kappa shape index (κ3) is 4.01. The van der Waals surface area contributed by atoms with Crippen LogP contribution in [0.5, 0.6) is 11.5 Å². The quantitative estimate of drug-likeness (QED) is 0.297. The number of aromatic amines is 1. The van der Waals surface area contributed by atoms with Crippen LogP contribution in [-0.4, -0.2) is 60.2 Å². The van der Waals surface area contributed by atoms with Crippen LogP contribution in [-0.2, 0) is 14.3 Å². The summed E-state index contributed by atoms with van der Waals surface area (Å²) in [5.41, 5.74) is 1.75. The molecule has 2 N–H and O–H groups in total. The van der Waals surface area contributed by atoms with Crippen LogP contribution < -0.4 is 9.47 Å². The number of methoxy groups -OCH3 is 2. The number of rotatable bonds is 8. The Bertz CT molecular complexity index is 1240. The maximum atomic E-state index is 13.3. The monoisotopic (exact) mass is 464 g/mol. The molecule has 8 heteroatoms. The number of benzene rings is 2. The van der Waals surface area contributed by atoms with Gasteiger partial charge in [0.05, 0.1) is 38.5 Å². The molecule has 8 nitrogen and oxygen atoms in total. The van der Waals surface area contributed by atoms with Gasteiger partial charge in [-0.2, -0.15) is 0 Å². The molecule has 34 heavy (non-hydrogen) atoms. The van der Waals surface area contributed by atoms with Crippen LogP contribution in [0.3, 0.4) is 0 Å². The zero-order chi connectivity index (χ0) is 24.4. The molecule has 1 saturated heterocycles. The molecule has 1 aromatic heterocycles. The first-order chi connectivity index (χ1) is 16.4. The molecule has 1 aliphatic rings. The second-order valence-corrected chi connectivity index (χ2v) is 8.24. The summed E-state index contributed by atoms with van der Waals surface area (Å²) >= 11 is 0. The largest absolute Gasteiger partial charge is 0.506 e. The minimum absolute atomic E-state index is 0.0258. The Balaban J connectivity index is 1.93. The van der Waals surface area contributed by atoms with Crippen molar-refractivity contribution < 1.29 is 28.9 Å². The first-order valence-corrected chi connectivity index (χ1v) is 11.1. The van der Waals surface area contributed by atoms with E-state index in [-0.39, 0.29) is 36.2 Å². The maximum absolute atomic E-state index is 13.3. The number of ether oxygens (including phenoxy) is 3. The molecular formula is C26H28N2O6. The van der Waals surface area contributed by atoms with Crippen LogP contribution in [0.4, 0.5) is 0 Å². The molecule has 2 aromatic carbocycles. The topological polar surface area (TPSA) is 101 Å². The highest BCUT2D eigenvalue weighted by molar-refractivity contribution is 6.46. The average molecular weight is 465 g/mol. The number of carbonyl (C=O) groups is 2. The zero-order valence-electron chi connectivity index (χ0n) is 19.6. The van der Waals surface area contributed by atoms with Crippen LogP contribution in [0.1, 0.15) is 31.0 Å². The number of nitrogens with zero attached hydrogens (tertiary/aromatic N) is 1. The van der Waals surface area contributed by atoms with Gasteiger partial charge >= 0.3 is 0 Å². The lowest BCUT2D eigenvalue weighted by molar-refractivity contribution is -0.140. The van der Waals surface area contributed by atoms with E-state index in [4.69, 9.17) is 14.2 Å². The Labute approximate surface area is 197 Å². The van der Waals surface area contributed by atoms with Crippen molar-refractivity contribution in [2.24, 2.45) is 0 Å². The number of fused-ring (bicyclic) bond motifs is 1. The van der Waals surface area contributed by atoms with Gasteiger partial charge < -0.3 is 29.2 Å². The number of aliphatic hydroxyl groups is 1. The Kier molecular flexibility index (Phi) is 6.61. The van der Waals surface area contributed by atoms with Crippen LogP contribution in [0.25, 0.3) is 16.7 Å². The molecule has 0 aliphatic carbocycles. The van der Waals surface area contributed by atoms with Gasteiger partial charge in [0.2, 0.25) is 0 Å².